The average Bonchev–Trinajstić information content (AvgIpc) is 2.27. The third kappa shape index (κ3) is 1.18. The Labute approximate surface area is 77.4 Å². The number of fused-ring (bicyclic) bond motifs is 1. The Hall–Kier alpha value is -0.780. The second-order valence-electron chi connectivity index (χ2n) is 2.29. The normalized spacial score (nSPS) is 10.6. The molecule has 11 heavy (non-hydrogen) atoms. The van der Waals surface area contributed by atoms with E-state index in [0.29, 0.717) is 0 Å². The van der Waals surface area contributed by atoms with Crippen LogP contribution in [0, 0.1) is 3.70 Å². The van der Waals surface area contributed by atoms with Gasteiger partial charge in [-0.25, -0.2) is 4.98 Å². The fraction of sp³-hybridized carbons (Fsp3) is 0. The number of hydrogen-bond acceptors (Lipinski definition) is 2. The molecule has 2 N–H and O–H groups in total. The topological polar surface area (TPSA) is 43.3 Å². The van der Waals surface area contributed by atoms with Crippen molar-refractivity contribution in [2.24, 2.45) is 0 Å². The van der Waals surface area contributed by atoms with Crippen LogP contribution in [-0.2, 0) is 0 Å². The highest BCUT2D eigenvalue weighted by Crippen LogP contribution is 2.09. The Morgan fingerprint density at radius 1 is 1.36 bits per heavy atom. The van der Waals surface area contributed by atoms with E-state index >= 15 is 0 Å². The molecule has 0 saturated heterocycles. The second kappa shape index (κ2) is 2.37. The quantitative estimate of drug-likeness (QED) is 0.729. The summed E-state index contributed by atoms with van der Waals surface area (Å²) in [5.74, 6) is 0. The number of nitrogen functional groups attached to an aromatic ring is 1. The van der Waals surface area contributed by atoms with Crippen LogP contribution < -0.4 is 5.73 Å². The summed E-state index contributed by atoms with van der Waals surface area (Å²) < 4.78 is 2.89. The molecule has 0 aliphatic rings. The predicted molar refractivity (Wildman–Crippen MR) is 52.3 cm³/mol. The van der Waals surface area contributed by atoms with Gasteiger partial charge in [-0.2, -0.15) is 0 Å². The first-order chi connectivity index (χ1) is 5.25. The number of hydrogen-bond donors (Lipinski definition) is 1. The molecule has 0 atom stereocenters. The lowest BCUT2D eigenvalue weighted by atomic mass is 10.4. The minimum absolute atomic E-state index is 0.756. The molecule has 56 valence electrons. The van der Waals surface area contributed by atoms with E-state index in [2.05, 4.69) is 27.6 Å². The van der Waals surface area contributed by atoms with Gasteiger partial charge in [0.05, 0.1) is 0 Å². The van der Waals surface area contributed by atoms with Crippen LogP contribution in [-0.4, -0.2) is 9.38 Å². The van der Waals surface area contributed by atoms with Crippen LogP contribution in [0.2, 0.25) is 0 Å². The Morgan fingerprint density at radius 2 is 2.18 bits per heavy atom. The molecule has 0 aliphatic heterocycles. The molecule has 0 aromatic carbocycles. The second-order valence-corrected chi connectivity index (χ2v) is 3.40. The van der Waals surface area contributed by atoms with Gasteiger partial charge < -0.3 is 10.1 Å². The van der Waals surface area contributed by atoms with Crippen molar-refractivity contribution in [2.45, 2.75) is 0 Å². The number of pyridine rings is 1. The van der Waals surface area contributed by atoms with Crippen LogP contribution in [0.3, 0.4) is 0 Å². The molecule has 2 rings (SSSR count). The molecule has 0 amide bonds. The van der Waals surface area contributed by atoms with Gasteiger partial charge in [-0.1, -0.05) is 0 Å². The molecule has 0 unspecified atom stereocenters. The molecule has 0 fully saturated rings. The molecule has 2 aromatic rings. The van der Waals surface area contributed by atoms with Crippen LogP contribution in [0.1, 0.15) is 0 Å². The fourth-order valence-electron chi connectivity index (χ4n) is 0.978. The highest BCUT2D eigenvalue weighted by Gasteiger charge is 1.96. The van der Waals surface area contributed by atoms with Crippen LogP contribution in [0.4, 0.5) is 5.69 Å². The van der Waals surface area contributed by atoms with Crippen molar-refractivity contribution in [3.63, 3.8) is 0 Å². The number of nitrogens with zero attached hydrogens (tertiary/aromatic N) is 2. The Bertz CT molecular complexity index is 393. The summed E-state index contributed by atoms with van der Waals surface area (Å²) in [6, 6.07) is 3.75. The van der Waals surface area contributed by atoms with Gasteiger partial charge in [0.25, 0.3) is 0 Å². The van der Waals surface area contributed by atoms with Gasteiger partial charge in [0.2, 0.25) is 0 Å². The minimum atomic E-state index is 0.756. The maximum absolute atomic E-state index is 5.58. The monoisotopic (exact) mass is 259 g/mol. The van der Waals surface area contributed by atoms with Crippen LogP contribution in [0.5, 0.6) is 0 Å². The van der Waals surface area contributed by atoms with Crippen molar-refractivity contribution >= 4 is 33.9 Å². The Balaban J connectivity index is 2.82. The molecule has 4 heteroatoms. The molecule has 0 radical (unpaired) electrons. The molecular weight excluding hydrogens is 253 g/mol. The zero-order valence-electron chi connectivity index (χ0n) is 5.66. The van der Waals surface area contributed by atoms with Gasteiger partial charge in [-0.05, 0) is 34.7 Å². The first kappa shape index (κ1) is 6.90. The lowest BCUT2D eigenvalue weighted by Crippen LogP contribution is -1.88. The molecule has 0 saturated carbocycles. The van der Waals surface area contributed by atoms with Gasteiger partial charge in [-0.15, -0.1) is 0 Å². The largest absolute Gasteiger partial charge is 0.398 e. The van der Waals surface area contributed by atoms with E-state index in [1.165, 1.54) is 0 Å². The van der Waals surface area contributed by atoms with E-state index in [1.807, 2.05) is 28.9 Å². The molecule has 2 aromatic heterocycles. The SMILES string of the molecule is Nc1ccc2nc(I)cn2c1. The summed E-state index contributed by atoms with van der Waals surface area (Å²) in [7, 11) is 0. The van der Waals surface area contributed by atoms with Crippen molar-refractivity contribution in [1.82, 2.24) is 9.38 Å². The average molecular weight is 259 g/mol. The Kier molecular flexibility index (Phi) is 1.49. The number of aromatic nitrogens is 2. The Morgan fingerprint density at radius 3 is 3.00 bits per heavy atom. The van der Waals surface area contributed by atoms with E-state index in [9.17, 15) is 0 Å². The highest BCUT2D eigenvalue weighted by atomic mass is 127. The van der Waals surface area contributed by atoms with Crippen molar-refractivity contribution in [3.8, 4) is 0 Å². The number of nitrogens with two attached hydrogens (primary N) is 1. The van der Waals surface area contributed by atoms with Crippen LogP contribution in [0.25, 0.3) is 5.65 Å². The summed E-state index contributed by atoms with van der Waals surface area (Å²) in [5, 5.41) is 0. The summed E-state index contributed by atoms with van der Waals surface area (Å²) in [6.45, 7) is 0. The van der Waals surface area contributed by atoms with Crippen molar-refractivity contribution < 1.29 is 0 Å². The number of rotatable bonds is 0. The predicted octanol–water partition coefficient (Wildman–Crippen LogP) is 1.52. The van der Waals surface area contributed by atoms with Crippen molar-refractivity contribution in [3.05, 3.63) is 28.2 Å². The lowest BCUT2D eigenvalue weighted by Gasteiger charge is -1.93. The molecule has 0 spiro atoms. The van der Waals surface area contributed by atoms with E-state index in [4.69, 9.17) is 5.73 Å². The summed E-state index contributed by atoms with van der Waals surface area (Å²) in [5.41, 5.74) is 7.27. The van der Waals surface area contributed by atoms with Crippen LogP contribution >= 0.6 is 22.6 Å². The lowest BCUT2D eigenvalue weighted by molar-refractivity contribution is 1.19. The van der Waals surface area contributed by atoms with Gasteiger partial charge in [0.15, 0.2) is 0 Å². The highest BCUT2D eigenvalue weighted by molar-refractivity contribution is 14.1. The zero-order chi connectivity index (χ0) is 7.84. The van der Waals surface area contributed by atoms with Crippen LogP contribution in [0.15, 0.2) is 24.5 Å². The molecule has 0 aliphatic carbocycles. The van der Waals surface area contributed by atoms with Crippen molar-refractivity contribution in [2.75, 3.05) is 5.73 Å². The van der Waals surface area contributed by atoms with Crippen molar-refractivity contribution in [1.29, 1.82) is 0 Å². The first-order valence-corrected chi connectivity index (χ1v) is 4.23. The minimum Gasteiger partial charge on any atom is -0.398 e. The maximum Gasteiger partial charge on any atom is 0.138 e. The molecule has 3 nitrogen and oxygen atoms in total. The number of imidazole rings is 1. The maximum atomic E-state index is 5.58. The third-order valence-electron chi connectivity index (χ3n) is 1.44. The van der Waals surface area contributed by atoms with Gasteiger partial charge >= 0.3 is 0 Å². The molecule has 2 heterocycles. The summed E-state index contributed by atoms with van der Waals surface area (Å²) >= 11 is 2.17. The number of anilines is 1. The van der Waals surface area contributed by atoms with E-state index in [0.717, 1.165) is 15.0 Å². The summed E-state index contributed by atoms with van der Waals surface area (Å²) in [4.78, 5) is 4.25. The number of halogens is 1. The molecular formula is C7H6IN3. The van der Waals surface area contributed by atoms with E-state index in [-0.39, 0.29) is 0 Å². The standard InChI is InChI=1S/C7H6IN3/c8-6-4-11-3-5(9)1-2-7(11)10-6/h1-4H,9H2. The van der Waals surface area contributed by atoms with Gasteiger partial charge in [0, 0.05) is 18.1 Å². The fourth-order valence-corrected chi connectivity index (χ4v) is 1.53. The van der Waals surface area contributed by atoms with E-state index in [1.54, 1.807) is 0 Å². The summed E-state index contributed by atoms with van der Waals surface area (Å²) in [6.07, 6.45) is 3.79. The first-order valence-electron chi connectivity index (χ1n) is 3.15. The third-order valence-corrected chi connectivity index (χ3v) is 1.96. The molecule has 0 bridgehead atoms. The zero-order valence-corrected chi connectivity index (χ0v) is 7.82. The smallest absolute Gasteiger partial charge is 0.138 e. The van der Waals surface area contributed by atoms with Gasteiger partial charge in [-0.3, -0.25) is 0 Å². The van der Waals surface area contributed by atoms with E-state index < -0.39 is 0 Å². The van der Waals surface area contributed by atoms with Gasteiger partial charge in [0.1, 0.15) is 9.35 Å².